The smallest absolute Gasteiger partial charge is 0.251 e. The van der Waals surface area contributed by atoms with Gasteiger partial charge < -0.3 is 49.7 Å². The number of allylic oxidation sites excluding steroid dienone is 2. The van der Waals surface area contributed by atoms with Crippen LogP contribution in [0.25, 0.3) is 23.3 Å². The topological polar surface area (TPSA) is 219 Å². The van der Waals surface area contributed by atoms with Crippen LogP contribution in [0.15, 0.2) is 97.1 Å². The SMILES string of the molecule is CCCCCCCCCCCCOc1cc(C(=O)NCCNC(=O)c2ccc(/C=C(\C#N)c3ccc(/C(C#N)=C\c4ccc(C(=O)NCCNC(=O)c5cc(OCCCCCCCCCCCC)c(OCCCCCCCCCCCC)c(OCCCCCCCCCCCC)c5)cc4)cc3)cc2)cc(OCCCCCCCCCCCC)c1OCCCCCCCCCCCC. The Labute approximate surface area is 802 Å². The second kappa shape index (κ2) is 78.6. The Kier molecular flexibility index (Phi) is 67.7. The zero-order valence-electron chi connectivity index (χ0n) is 83.9. The number of rotatable bonds is 86. The van der Waals surface area contributed by atoms with Gasteiger partial charge in [0.1, 0.15) is 0 Å². The molecular formula is C116H180N6O10. The number of unbranched alkanes of at least 4 members (excludes halogenated alkanes) is 54. The zero-order chi connectivity index (χ0) is 94.3. The summed E-state index contributed by atoms with van der Waals surface area (Å²) in [6.45, 7) is 17.4. The van der Waals surface area contributed by atoms with Gasteiger partial charge in [-0.05, 0) is 121 Å². The van der Waals surface area contributed by atoms with Crippen LogP contribution in [-0.2, 0) is 0 Å². The van der Waals surface area contributed by atoms with Gasteiger partial charge >= 0.3 is 0 Å². The van der Waals surface area contributed by atoms with Crippen molar-refractivity contribution in [3.63, 3.8) is 0 Å². The van der Waals surface area contributed by atoms with E-state index in [4.69, 9.17) is 28.4 Å². The van der Waals surface area contributed by atoms with Crippen LogP contribution >= 0.6 is 0 Å². The fraction of sp³-hybridized carbons (Fsp3) is 0.655. The molecule has 132 heavy (non-hydrogen) atoms. The van der Waals surface area contributed by atoms with Gasteiger partial charge in [-0.15, -0.1) is 0 Å². The van der Waals surface area contributed by atoms with Crippen molar-refractivity contribution < 1.29 is 47.6 Å². The van der Waals surface area contributed by atoms with Crippen LogP contribution in [0.5, 0.6) is 34.5 Å². The number of hydrogen-bond acceptors (Lipinski definition) is 12. The van der Waals surface area contributed by atoms with Crippen LogP contribution in [0.4, 0.5) is 0 Å². The maximum atomic E-state index is 14.1. The Morgan fingerprint density at radius 2 is 0.394 bits per heavy atom. The average molecular weight is 1820 g/mol. The van der Waals surface area contributed by atoms with Crippen molar-refractivity contribution in [3.05, 3.63) is 142 Å². The molecule has 4 N–H and O–H groups in total. The van der Waals surface area contributed by atoms with Gasteiger partial charge in [-0.25, -0.2) is 0 Å². The van der Waals surface area contributed by atoms with Crippen molar-refractivity contribution >= 4 is 46.9 Å². The summed E-state index contributed by atoms with van der Waals surface area (Å²) in [4.78, 5) is 55.4. The molecule has 16 heteroatoms. The number of nitrogens with zero attached hydrogens (tertiary/aromatic N) is 2. The second-order valence-electron chi connectivity index (χ2n) is 37.0. The first kappa shape index (κ1) is 114. The van der Waals surface area contributed by atoms with Crippen molar-refractivity contribution in [1.82, 2.24) is 21.3 Å². The molecule has 0 heterocycles. The molecule has 0 saturated carbocycles. The summed E-state index contributed by atoms with van der Waals surface area (Å²) in [7, 11) is 0. The molecule has 0 radical (unpaired) electrons. The summed E-state index contributed by atoms with van der Waals surface area (Å²) in [6, 6.07) is 33.0. The number of benzene rings is 5. The van der Waals surface area contributed by atoms with Gasteiger partial charge in [0.15, 0.2) is 23.0 Å². The minimum absolute atomic E-state index is 0.185. The molecule has 5 aromatic rings. The van der Waals surface area contributed by atoms with E-state index >= 15 is 0 Å². The molecule has 0 saturated heterocycles. The zero-order valence-corrected chi connectivity index (χ0v) is 83.9. The average Bonchev–Trinajstić information content (AvgIpc) is 0.824. The highest BCUT2D eigenvalue weighted by molar-refractivity contribution is 5.98. The van der Waals surface area contributed by atoms with E-state index in [0.717, 1.165) is 88.2 Å². The van der Waals surface area contributed by atoms with Gasteiger partial charge in [0, 0.05) is 48.4 Å². The van der Waals surface area contributed by atoms with Crippen molar-refractivity contribution in [2.75, 3.05) is 65.8 Å². The number of carbonyl (C=O) groups is 4. The van der Waals surface area contributed by atoms with E-state index in [1.807, 2.05) is 0 Å². The molecule has 0 bridgehead atoms. The van der Waals surface area contributed by atoms with Crippen LogP contribution < -0.4 is 49.7 Å². The Bertz CT molecular complexity index is 3590. The number of carbonyl (C=O) groups excluding carboxylic acids is 4. The second-order valence-corrected chi connectivity index (χ2v) is 37.0. The minimum Gasteiger partial charge on any atom is -0.490 e. The highest BCUT2D eigenvalue weighted by Crippen LogP contribution is 2.42. The molecule has 0 aliphatic carbocycles. The van der Waals surface area contributed by atoms with E-state index in [0.29, 0.717) is 119 Å². The van der Waals surface area contributed by atoms with Crippen LogP contribution in [0.1, 0.15) is 490 Å². The highest BCUT2D eigenvalue weighted by Gasteiger charge is 2.23. The van der Waals surface area contributed by atoms with E-state index < -0.39 is 0 Å². The van der Waals surface area contributed by atoms with Crippen LogP contribution in [0, 0.1) is 22.7 Å². The third-order valence-corrected chi connectivity index (χ3v) is 25.2. The Morgan fingerprint density at radius 1 is 0.227 bits per heavy atom. The molecule has 16 nitrogen and oxygen atoms in total. The minimum atomic E-state index is -0.301. The lowest BCUT2D eigenvalue weighted by Crippen LogP contribution is -2.34. The maximum Gasteiger partial charge on any atom is 0.251 e. The summed E-state index contributed by atoms with van der Waals surface area (Å²) in [5.74, 6) is 2.04. The van der Waals surface area contributed by atoms with Gasteiger partial charge in [-0.2, -0.15) is 10.5 Å². The first-order chi connectivity index (χ1) is 65.0. The summed E-state index contributed by atoms with van der Waals surface area (Å²) < 4.78 is 39.5. The molecule has 4 amide bonds. The highest BCUT2D eigenvalue weighted by atomic mass is 16.5. The van der Waals surface area contributed by atoms with E-state index in [1.54, 1.807) is 109 Å². The molecule has 5 rings (SSSR count). The fourth-order valence-electron chi connectivity index (χ4n) is 16.8. The third-order valence-electron chi connectivity index (χ3n) is 25.2. The lowest BCUT2D eigenvalue weighted by Gasteiger charge is -2.19. The standard InChI is InChI=1S/C116H180N6O10/c1-7-13-19-25-31-37-43-49-55-61-83-127-107-91-103(92-108(128-84-62-56-50-44-38-32-26-20-14-8-2)111(107)131-87-65-59-53-47-41-35-29-23-17-11-5)115(125)121-81-79-119-113(123)101-71-67-97(68-72-101)89-105(95-117)99-75-77-100(78-76-99)106(96-118)90-98-69-73-102(74-70-98)114(124)120-80-82-122-116(126)104-93-109(129-85-63-57-51-45-39-33-27-21-15-9-3)112(132-88-66-60-54-48-42-36-30-24-18-12-6)110(94-104)130-86-64-58-52-46-40-34-28-22-16-10-4/h67-78,89-94H,7-66,79-88H2,1-6H3,(H,119,123)(H,120,124)(H,121,125)(H,122,126)/b105-89-,106-90+. The Hall–Kier alpha value is -8.76. The monoisotopic (exact) mass is 1820 g/mol. The summed E-state index contributed by atoms with van der Waals surface area (Å²) in [5, 5.41) is 32.8. The van der Waals surface area contributed by atoms with Crippen LogP contribution in [0.3, 0.4) is 0 Å². The number of amides is 4. The van der Waals surface area contributed by atoms with Crippen LogP contribution in [-0.4, -0.2) is 89.4 Å². The molecule has 0 atom stereocenters. The largest absolute Gasteiger partial charge is 0.490 e. The molecule has 0 aromatic heterocycles. The van der Waals surface area contributed by atoms with Crippen molar-refractivity contribution in [2.24, 2.45) is 0 Å². The Morgan fingerprint density at radius 3 is 0.583 bits per heavy atom. The summed E-state index contributed by atoms with van der Waals surface area (Å²) in [5.41, 5.74) is 5.21. The molecule has 0 aliphatic rings. The predicted molar refractivity (Wildman–Crippen MR) is 553 cm³/mol. The summed E-state index contributed by atoms with van der Waals surface area (Å²) >= 11 is 0. The first-order valence-electron chi connectivity index (χ1n) is 53.8. The molecule has 0 spiro atoms. The number of nitrogens with one attached hydrogen (secondary N) is 4. The van der Waals surface area contributed by atoms with Gasteiger partial charge in [0.2, 0.25) is 11.5 Å². The van der Waals surface area contributed by atoms with Gasteiger partial charge in [-0.1, -0.05) is 437 Å². The van der Waals surface area contributed by atoms with Gasteiger partial charge in [0.05, 0.1) is 62.9 Å². The van der Waals surface area contributed by atoms with E-state index in [9.17, 15) is 29.7 Å². The van der Waals surface area contributed by atoms with Gasteiger partial charge in [-0.3, -0.25) is 19.2 Å². The van der Waals surface area contributed by atoms with Crippen LogP contribution in [0.2, 0.25) is 0 Å². The third kappa shape index (κ3) is 53.4. The lowest BCUT2D eigenvalue weighted by atomic mass is 9.98. The molecule has 5 aromatic carbocycles. The van der Waals surface area contributed by atoms with E-state index in [-0.39, 0.29) is 49.8 Å². The molecular weight excluding hydrogens is 1640 g/mol. The number of hydrogen-bond donors (Lipinski definition) is 4. The molecule has 0 fully saturated rings. The maximum absolute atomic E-state index is 14.1. The summed E-state index contributed by atoms with van der Waals surface area (Å²) in [6.07, 6.45) is 76.9. The predicted octanol–water partition coefficient (Wildman–Crippen LogP) is 31.9. The Balaban J connectivity index is 1.17. The molecule has 734 valence electrons. The molecule has 0 unspecified atom stereocenters. The molecule has 0 aliphatic heterocycles. The fourth-order valence-corrected chi connectivity index (χ4v) is 16.8. The normalized spacial score (nSPS) is 11.5. The van der Waals surface area contributed by atoms with E-state index in [2.05, 4.69) is 74.9 Å². The first-order valence-corrected chi connectivity index (χ1v) is 53.8. The van der Waals surface area contributed by atoms with E-state index in [1.165, 1.54) is 308 Å². The van der Waals surface area contributed by atoms with Crippen molar-refractivity contribution in [2.45, 2.75) is 427 Å². The lowest BCUT2D eigenvalue weighted by molar-refractivity contribution is 0.0927. The van der Waals surface area contributed by atoms with Gasteiger partial charge in [0.25, 0.3) is 23.6 Å². The van der Waals surface area contributed by atoms with Crippen molar-refractivity contribution in [1.29, 1.82) is 10.5 Å². The van der Waals surface area contributed by atoms with Crippen molar-refractivity contribution in [3.8, 4) is 46.6 Å². The quantitative estimate of drug-likeness (QED) is 0.0162. The number of ether oxygens (including phenoxy) is 6. The number of nitriles is 2.